The SMILES string of the molecule is ClC1=NSS(Cl)=C1Cl. The van der Waals surface area contributed by atoms with Gasteiger partial charge in [-0.25, -0.2) is 0 Å². The Hall–Kier alpha value is 1.11. The minimum atomic E-state index is -0.512. The maximum Gasteiger partial charge on any atom is 0.164 e. The molecule has 0 fully saturated rings. The fourth-order valence-corrected chi connectivity index (χ4v) is 3.11. The van der Waals surface area contributed by atoms with Gasteiger partial charge in [0.25, 0.3) is 0 Å². The molecular weight excluding hydrogens is 209 g/mol. The van der Waals surface area contributed by atoms with Gasteiger partial charge in [-0.3, -0.25) is 0 Å². The highest BCUT2D eigenvalue weighted by Gasteiger charge is 2.13. The van der Waals surface area contributed by atoms with Crippen molar-refractivity contribution >= 4 is 63.1 Å². The van der Waals surface area contributed by atoms with Crippen molar-refractivity contribution in [1.82, 2.24) is 0 Å². The summed E-state index contributed by atoms with van der Waals surface area (Å²) < 4.78 is 4.17. The van der Waals surface area contributed by atoms with Crippen molar-refractivity contribution in [1.29, 1.82) is 0 Å². The van der Waals surface area contributed by atoms with Crippen molar-refractivity contribution < 1.29 is 0 Å². The lowest BCUT2D eigenvalue weighted by molar-refractivity contribution is 2.03. The molecule has 1 nitrogen and oxygen atoms in total. The van der Waals surface area contributed by atoms with Gasteiger partial charge in [0.05, 0.1) is 11.0 Å². The predicted molar refractivity (Wildman–Crippen MR) is 45.2 cm³/mol. The lowest BCUT2D eigenvalue weighted by Crippen LogP contribution is -1.90. The van der Waals surface area contributed by atoms with Gasteiger partial charge in [0, 0.05) is 8.73 Å². The van der Waals surface area contributed by atoms with E-state index in [2.05, 4.69) is 4.40 Å². The van der Waals surface area contributed by atoms with Crippen molar-refractivity contribution in [2.75, 3.05) is 0 Å². The Labute approximate surface area is 67.4 Å². The standard InChI is InChI=1S/C2Cl3NS2/c3-1-2(4)8(5)7-6-1. The Morgan fingerprint density at radius 1 is 1.50 bits per heavy atom. The summed E-state index contributed by atoms with van der Waals surface area (Å²) in [5.74, 6) is 0. The van der Waals surface area contributed by atoms with E-state index in [4.69, 9.17) is 33.9 Å². The zero-order chi connectivity index (χ0) is 6.15. The van der Waals surface area contributed by atoms with Crippen LogP contribution in [0.5, 0.6) is 0 Å². The molecule has 0 bridgehead atoms. The van der Waals surface area contributed by atoms with Crippen molar-refractivity contribution in [2.24, 2.45) is 4.40 Å². The highest BCUT2D eigenvalue weighted by atomic mass is 35.7. The van der Waals surface area contributed by atoms with Crippen molar-refractivity contribution in [3.05, 3.63) is 0 Å². The van der Waals surface area contributed by atoms with E-state index in [1.807, 2.05) is 0 Å². The zero-order valence-electron chi connectivity index (χ0n) is 3.40. The monoisotopic (exact) mass is 207 g/mol. The third-order valence-corrected chi connectivity index (χ3v) is 5.17. The quantitative estimate of drug-likeness (QED) is 0.258. The predicted octanol–water partition coefficient (Wildman–Crippen LogP) is 2.99. The first-order chi connectivity index (χ1) is 3.72. The molecule has 1 aliphatic heterocycles. The number of rotatable bonds is 0. The lowest BCUT2D eigenvalue weighted by Gasteiger charge is -1.82. The molecule has 46 valence electrons. The smallest absolute Gasteiger partial charge is 0.164 e. The molecule has 8 heavy (non-hydrogen) atoms. The maximum absolute atomic E-state index is 5.58. The fraction of sp³-hybridized carbons (Fsp3) is 0. The molecule has 1 aliphatic rings. The first-order valence-electron chi connectivity index (χ1n) is 1.56. The summed E-state index contributed by atoms with van der Waals surface area (Å²) in [5, 5.41) is 0.329. The molecule has 0 radical (unpaired) electrons. The van der Waals surface area contributed by atoms with E-state index in [0.29, 0.717) is 9.49 Å². The third-order valence-electron chi connectivity index (χ3n) is 0.486. The largest absolute Gasteiger partial charge is 0.190 e. The number of nitrogens with zero attached hydrogens (tertiary/aromatic N) is 1. The molecule has 0 N–H and O–H groups in total. The van der Waals surface area contributed by atoms with Crippen LogP contribution in [0, 0.1) is 0 Å². The van der Waals surface area contributed by atoms with Gasteiger partial charge in [0.1, 0.15) is 4.32 Å². The topological polar surface area (TPSA) is 12.4 Å². The van der Waals surface area contributed by atoms with Crippen LogP contribution in [-0.2, 0) is 0 Å². The van der Waals surface area contributed by atoms with Crippen LogP contribution in [0.2, 0.25) is 0 Å². The molecule has 1 rings (SSSR count). The van der Waals surface area contributed by atoms with Crippen LogP contribution in [0.15, 0.2) is 4.40 Å². The first kappa shape index (κ1) is 7.22. The molecule has 0 amide bonds. The van der Waals surface area contributed by atoms with E-state index in [0.717, 1.165) is 0 Å². The van der Waals surface area contributed by atoms with Crippen LogP contribution < -0.4 is 0 Å². The van der Waals surface area contributed by atoms with E-state index in [1.54, 1.807) is 0 Å². The van der Waals surface area contributed by atoms with Gasteiger partial charge in [-0.2, -0.15) is 4.40 Å². The highest BCUT2D eigenvalue weighted by Crippen LogP contribution is 2.44. The number of halogens is 3. The van der Waals surface area contributed by atoms with Crippen LogP contribution in [0.3, 0.4) is 0 Å². The summed E-state index contributed by atoms with van der Waals surface area (Å²) in [5.41, 5.74) is 0. The normalized spacial score (nSPS) is 28.6. The van der Waals surface area contributed by atoms with Crippen LogP contribution in [-0.4, -0.2) is 9.49 Å². The van der Waals surface area contributed by atoms with Crippen LogP contribution in [0.4, 0.5) is 0 Å². The zero-order valence-corrected chi connectivity index (χ0v) is 7.30. The van der Waals surface area contributed by atoms with Crippen molar-refractivity contribution in [3.8, 4) is 0 Å². The Morgan fingerprint density at radius 2 is 2.12 bits per heavy atom. The molecular formula is C2Cl3NS2. The van der Waals surface area contributed by atoms with Gasteiger partial charge in [-0.15, -0.1) is 0 Å². The van der Waals surface area contributed by atoms with Crippen LogP contribution in [0.1, 0.15) is 0 Å². The Bertz CT molecular complexity index is 169. The molecule has 1 heterocycles. The van der Waals surface area contributed by atoms with Gasteiger partial charge in [-0.1, -0.05) is 23.2 Å². The summed E-state index contributed by atoms with van der Waals surface area (Å²) in [6.07, 6.45) is 0. The molecule has 0 saturated carbocycles. The van der Waals surface area contributed by atoms with E-state index in [9.17, 15) is 0 Å². The van der Waals surface area contributed by atoms with Gasteiger partial charge < -0.3 is 0 Å². The van der Waals surface area contributed by atoms with Crippen LogP contribution >= 0.6 is 53.6 Å². The van der Waals surface area contributed by atoms with E-state index in [1.165, 1.54) is 11.0 Å². The first-order valence-corrected chi connectivity index (χ1v) is 5.66. The number of hydrogen-bond acceptors (Lipinski definition) is 2. The second-order valence-electron chi connectivity index (χ2n) is 0.954. The molecule has 6 heteroatoms. The summed E-state index contributed by atoms with van der Waals surface area (Å²) in [4.78, 5) is 0. The molecule has 0 aromatic carbocycles. The minimum absolute atomic E-state index is 0.329. The third kappa shape index (κ3) is 1.33. The molecule has 1 atom stereocenters. The Kier molecular flexibility index (Phi) is 2.52. The van der Waals surface area contributed by atoms with Gasteiger partial charge in [0.15, 0.2) is 5.17 Å². The number of hydrogen-bond donors (Lipinski definition) is 0. The fourth-order valence-electron chi connectivity index (χ4n) is 0.200. The molecule has 0 saturated heterocycles. The van der Waals surface area contributed by atoms with Crippen molar-refractivity contribution in [2.45, 2.75) is 0 Å². The minimum Gasteiger partial charge on any atom is -0.190 e. The van der Waals surface area contributed by atoms with E-state index >= 15 is 0 Å². The molecule has 0 spiro atoms. The Morgan fingerprint density at radius 3 is 2.25 bits per heavy atom. The van der Waals surface area contributed by atoms with Gasteiger partial charge in [-0.05, 0) is 10.7 Å². The van der Waals surface area contributed by atoms with Gasteiger partial charge >= 0.3 is 0 Å². The van der Waals surface area contributed by atoms with Crippen LogP contribution in [0.25, 0.3) is 0 Å². The second kappa shape index (κ2) is 2.80. The van der Waals surface area contributed by atoms with E-state index in [-0.39, 0.29) is 0 Å². The molecule has 1 unspecified atom stereocenters. The second-order valence-corrected chi connectivity index (χ2v) is 6.02. The maximum atomic E-state index is 5.58. The summed E-state index contributed by atoms with van der Waals surface area (Å²) >= 11 is 11.0. The highest BCUT2D eigenvalue weighted by molar-refractivity contribution is 8.93. The average Bonchev–Trinajstić information content (AvgIpc) is 1.98. The molecule has 0 aromatic rings. The Balaban J connectivity index is 2.88. The summed E-state index contributed by atoms with van der Waals surface area (Å²) in [6, 6.07) is 0. The summed E-state index contributed by atoms with van der Waals surface area (Å²) in [6.45, 7) is 0. The molecule has 0 aromatic heterocycles. The van der Waals surface area contributed by atoms with Gasteiger partial charge in [0.2, 0.25) is 0 Å². The van der Waals surface area contributed by atoms with E-state index < -0.39 is 8.73 Å². The lowest BCUT2D eigenvalue weighted by atomic mass is 10.9. The molecule has 0 aliphatic carbocycles. The average molecular weight is 209 g/mol. The summed E-state index contributed by atoms with van der Waals surface area (Å²) in [7, 11) is 6.26. The van der Waals surface area contributed by atoms with Crippen molar-refractivity contribution in [3.63, 3.8) is 0 Å².